The molecule has 108 valence electrons. The second-order valence-corrected chi connectivity index (χ2v) is 4.48. The van der Waals surface area contributed by atoms with Gasteiger partial charge in [0.15, 0.2) is 0 Å². The van der Waals surface area contributed by atoms with E-state index in [9.17, 15) is 13.2 Å². The summed E-state index contributed by atoms with van der Waals surface area (Å²) < 4.78 is 40.7. The third-order valence-electron chi connectivity index (χ3n) is 2.87. The molecule has 0 saturated heterocycles. The van der Waals surface area contributed by atoms with E-state index in [-0.39, 0.29) is 5.69 Å². The molecule has 6 heteroatoms. The molecule has 2 rings (SSSR count). The molecule has 1 aromatic carbocycles. The van der Waals surface area contributed by atoms with Crippen LogP contribution >= 0.6 is 0 Å². The van der Waals surface area contributed by atoms with Crippen molar-refractivity contribution in [1.82, 2.24) is 15.1 Å². The zero-order valence-corrected chi connectivity index (χ0v) is 11.1. The number of nitrogens with zero attached hydrogens (tertiary/aromatic N) is 2. The van der Waals surface area contributed by atoms with Gasteiger partial charge in [-0.25, -0.2) is 4.68 Å². The number of hydrogen-bond donors (Lipinski definition) is 1. The molecule has 0 fully saturated rings. The van der Waals surface area contributed by atoms with Crippen molar-refractivity contribution in [3.8, 4) is 5.69 Å². The van der Waals surface area contributed by atoms with Crippen LogP contribution in [0.4, 0.5) is 13.2 Å². The fourth-order valence-electron chi connectivity index (χ4n) is 1.94. The second kappa shape index (κ2) is 6.09. The first kappa shape index (κ1) is 14.6. The molecule has 0 aliphatic carbocycles. The summed E-state index contributed by atoms with van der Waals surface area (Å²) >= 11 is 0. The fraction of sp³-hybridized carbons (Fsp3) is 0.357. The van der Waals surface area contributed by atoms with E-state index in [1.165, 1.54) is 29.2 Å². The highest BCUT2D eigenvalue weighted by Gasteiger charge is 2.34. The summed E-state index contributed by atoms with van der Waals surface area (Å²) in [6.45, 7) is 3.22. The molecule has 1 aromatic heterocycles. The summed E-state index contributed by atoms with van der Waals surface area (Å²) in [5, 5.41) is 6.96. The molecule has 0 bridgehead atoms. The van der Waals surface area contributed by atoms with Crippen LogP contribution in [0.3, 0.4) is 0 Å². The van der Waals surface area contributed by atoms with Crippen LogP contribution in [0.15, 0.2) is 36.7 Å². The van der Waals surface area contributed by atoms with E-state index < -0.39 is 11.7 Å². The molecular weight excluding hydrogens is 267 g/mol. The van der Waals surface area contributed by atoms with E-state index in [1.54, 1.807) is 12.1 Å². The predicted molar refractivity (Wildman–Crippen MR) is 70.6 cm³/mol. The average molecular weight is 283 g/mol. The van der Waals surface area contributed by atoms with E-state index in [1.807, 2.05) is 6.92 Å². The van der Waals surface area contributed by atoms with Crippen LogP contribution in [-0.4, -0.2) is 16.3 Å². The summed E-state index contributed by atoms with van der Waals surface area (Å²) in [5.74, 6) is 0. The normalized spacial score (nSPS) is 11.8. The minimum absolute atomic E-state index is 0.0433. The van der Waals surface area contributed by atoms with Crippen molar-refractivity contribution in [2.45, 2.75) is 26.1 Å². The average Bonchev–Trinajstić information content (AvgIpc) is 2.92. The molecule has 2 aromatic rings. The van der Waals surface area contributed by atoms with E-state index in [0.29, 0.717) is 12.1 Å². The molecule has 3 nitrogen and oxygen atoms in total. The zero-order valence-electron chi connectivity index (χ0n) is 11.1. The summed E-state index contributed by atoms with van der Waals surface area (Å²) in [5.41, 5.74) is -0.0135. The molecule has 0 spiro atoms. The zero-order chi connectivity index (χ0) is 14.6. The van der Waals surface area contributed by atoms with Gasteiger partial charge in [0.2, 0.25) is 0 Å². The lowest BCUT2D eigenvalue weighted by Crippen LogP contribution is -2.16. The Bertz CT molecular complexity index is 547. The maximum Gasteiger partial charge on any atom is 0.418 e. The van der Waals surface area contributed by atoms with Gasteiger partial charge in [-0.1, -0.05) is 13.0 Å². The van der Waals surface area contributed by atoms with Gasteiger partial charge in [-0.2, -0.15) is 18.3 Å². The van der Waals surface area contributed by atoms with Gasteiger partial charge in [-0.05, 0) is 36.7 Å². The largest absolute Gasteiger partial charge is 0.418 e. The molecule has 0 saturated carbocycles. The first-order valence-electron chi connectivity index (χ1n) is 6.43. The lowest BCUT2D eigenvalue weighted by molar-refractivity contribution is -0.137. The maximum atomic E-state index is 13.1. The Hall–Kier alpha value is -1.82. The number of aromatic nitrogens is 2. The highest BCUT2D eigenvalue weighted by atomic mass is 19.4. The fourth-order valence-corrected chi connectivity index (χ4v) is 1.94. The van der Waals surface area contributed by atoms with Crippen LogP contribution in [-0.2, 0) is 12.7 Å². The number of nitrogens with one attached hydrogen (secondary N) is 1. The lowest BCUT2D eigenvalue weighted by Gasteiger charge is -2.14. The summed E-state index contributed by atoms with van der Waals surface area (Å²) in [6, 6.07) is 5.92. The summed E-state index contributed by atoms with van der Waals surface area (Å²) in [6.07, 6.45) is -0.504. The van der Waals surface area contributed by atoms with Crippen LogP contribution in [0.1, 0.15) is 24.5 Å². The highest BCUT2D eigenvalue weighted by Crippen LogP contribution is 2.34. The molecule has 0 unspecified atom stereocenters. The summed E-state index contributed by atoms with van der Waals surface area (Å²) in [7, 11) is 0. The van der Waals surface area contributed by atoms with E-state index in [2.05, 4.69) is 10.4 Å². The highest BCUT2D eigenvalue weighted by molar-refractivity contribution is 5.44. The van der Waals surface area contributed by atoms with Crippen molar-refractivity contribution in [3.05, 3.63) is 47.8 Å². The first-order valence-corrected chi connectivity index (χ1v) is 6.43. The Balaban J connectivity index is 2.34. The molecule has 0 radical (unpaired) electrons. The van der Waals surface area contributed by atoms with E-state index in [0.717, 1.165) is 13.0 Å². The second-order valence-electron chi connectivity index (χ2n) is 4.48. The number of benzene rings is 1. The number of rotatable bonds is 5. The molecular formula is C14H16F3N3. The number of alkyl halides is 3. The van der Waals surface area contributed by atoms with Crippen LogP contribution in [0.25, 0.3) is 5.69 Å². The smallest absolute Gasteiger partial charge is 0.313 e. The molecule has 0 aliphatic rings. The monoisotopic (exact) mass is 283 g/mol. The van der Waals surface area contributed by atoms with Gasteiger partial charge in [-0.3, -0.25) is 0 Å². The van der Waals surface area contributed by atoms with Crippen molar-refractivity contribution in [1.29, 1.82) is 0 Å². The van der Waals surface area contributed by atoms with E-state index in [4.69, 9.17) is 0 Å². The molecule has 20 heavy (non-hydrogen) atoms. The minimum atomic E-state index is -4.40. The van der Waals surface area contributed by atoms with Crippen molar-refractivity contribution in [2.24, 2.45) is 0 Å². The van der Waals surface area contributed by atoms with Crippen molar-refractivity contribution in [3.63, 3.8) is 0 Å². The molecule has 1 N–H and O–H groups in total. The molecule has 0 aliphatic heterocycles. The predicted octanol–water partition coefficient (Wildman–Crippen LogP) is 3.39. The quantitative estimate of drug-likeness (QED) is 0.852. The van der Waals surface area contributed by atoms with Crippen molar-refractivity contribution >= 4 is 0 Å². The van der Waals surface area contributed by atoms with Crippen molar-refractivity contribution in [2.75, 3.05) is 6.54 Å². The Morgan fingerprint density at radius 2 is 2.10 bits per heavy atom. The first-order chi connectivity index (χ1) is 9.52. The standard InChI is InChI=1S/C14H16F3N3/c1-2-6-18-10-11-4-5-13(20-8-3-7-19-20)12(9-11)14(15,16)17/h3-5,7-9,18H,2,6,10H2,1H3. The SMILES string of the molecule is CCCNCc1ccc(-n2cccn2)c(C(F)(F)F)c1. The van der Waals surface area contributed by atoms with Crippen LogP contribution < -0.4 is 5.32 Å². The third-order valence-corrected chi connectivity index (χ3v) is 2.87. The number of halogens is 3. The maximum absolute atomic E-state index is 13.1. The van der Waals surface area contributed by atoms with Gasteiger partial charge in [-0.15, -0.1) is 0 Å². The molecule has 0 atom stereocenters. The van der Waals surface area contributed by atoms with Crippen LogP contribution in [0, 0.1) is 0 Å². The molecule has 1 heterocycles. The Kier molecular flexibility index (Phi) is 4.44. The van der Waals surface area contributed by atoms with Gasteiger partial charge >= 0.3 is 6.18 Å². The van der Waals surface area contributed by atoms with Gasteiger partial charge in [0.1, 0.15) is 0 Å². The Morgan fingerprint density at radius 3 is 2.70 bits per heavy atom. The van der Waals surface area contributed by atoms with Gasteiger partial charge in [0.05, 0.1) is 11.3 Å². The number of hydrogen-bond acceptors (Lipinski definition) is 2. The topological polar surface area (TPSA) is 29.9 Å². The lowest BCUT2D eigenvalue weighted by atomic mass is 10.1. The summed E-state index contributed by atoms with van der Waals surface area (Å²) in [4.78, 5) is 0. The van der Waals surface area contributed by atoms with Crippen LogP contribution in [0.5, 0.6) is 0 Å². The van der Waals surface area contributed by atoms with Gasteiger partial charge in [0, 0.05) is 18.9 Å². The van der Waals surface area contributed by atoms with Crippen LogP contribution in [0.2, 0.25) is 0 Å². The van der Waals surface area contributed by atoms with Gasteiger partial charge in [0.25, 0.3) is 0 Å². The minimum Gasteiger partial charge on any atom is -0.313 e. The van der Waals surface area contributed by atoms with Gasteiger partial charge < -0.3 is 5.32 Å². The Morgan fingerprint density at radius 1 is 1.30 bits per heavy atom. The Labute approximate surface area is 115 Å². The van der Waals surface area contributed by atoms with E-state index >= 15 is 0 Å². The third kappa shape index (κ3) is 3.39. The van der Waals surface area contributed by atoms with Crippen molar-refractivity contribution < 1.29 is 13.2 Å². The molecule has 0 amide bonds.